The van der Waals surface area contributed by atoms with E-state index in [4.69, 9.17) is 9.72 Å². The molecule has 0 radical (unpaired) electrons. The lowest BCUT2D eigenvalue weighted by Crippen LogP contribution is -2.50. The highest BCUT2D eigenvalue weighted by Crippen LogP contribution is 2.30. The summed E-state index contributed by atoms with van der Waals surface area (Å²) in [5, 5.41) is 2.45. The van der Waals surface area contributed by atoms with Crippen molar-refractivity contribution in [1.29, 1.82) is 0 Å². The van der Waals surface area contributed by atoms with Crippen LogP contribution in [0.25, 0.3) is 22.3 Å². The zero-order valence-corrected chi connectivity index (χ0v) is 21.6. The average Bonchev–Trinajstić information content (AvgIpc) is 3.53. The quantitative estimate of drug-likeness (QED) is 0.499. The lowest BCUT2D eigenvalue weighted by molar-refractivity contribution is -0.119. The maximum absolute atomic E-state index is 12.5. The number of piperazine rings is 1. The van der Waals surface area contributed by atoms with Crippen LogP contribution in [0.2, 0.25) is 0 Å². The predicted molar refractivity (Wildman–Crippen MR) is 138 cm³/mol. The van der Waals surface area contributed by atoms with Crippen molar-refractivity contribution >= 4 is 32.7 Å². The highest BCUT2D eigenvalue weighted by molar-refractivity contribution is 7.89. The zero-order chi connectivity index (χ0) is 25.4. The number of sulfonamides is 1. The molecule has 2 aliphatic heterocycles. The summed E-state index contributed by atoms with van der Waals surface area (Å²) in [6.07, 6.45) is 1.88. The smallest absolute Gasteiger partial charge is 0.243 e. The van der Waals surface area contributed by atoms with E-state index in [0.29, 0.717) is 50.5 Å². The van der Waals surface area contributed by atoms with Crippen LogP contribution in [-0.2, 0) is 14.8 Å². The molecule has 2 fully saturated rings. The molecule has 36 heavy (non-hydrogen) atoms. The second-order valence-corrected chi connectivity index (χ2v) is 12.2. The number of pyridine rings is 1. The Bertz CT molecular complexity index is 1350. The minimum atomic E-state index is -3.22. The first-order valence-electron chi connectivity index (χ1n) is 12.3. The van der Waals surface area contributed by atoms with Crippen molar-refractivity contribution in [2.24, 2.45) is 5.92 Å². The minimum absolute atomic E-state index is 0.0464. The molecular formula is C25H32N6O4S. The van der Waals surface area contributed by atoms with Crippen molar-refractivity contribution in [3.8, 4) is 17.1 Å². The van der Waals surface area contributed by atoms with Gasteiger partial charge in [-0.05, 0) is 39.0 Å². The summed E-state index contributed by atoms with van der Waals surface area (Å²) >= 11 is 0. The minimum Gasteiger partial charge on any atom is -0.473 e. The Morgan fingerprint density at radius 2 is 1.81 bits per heavy atom. The number of H-pyrrole nitrogens is 1. The highest BCUT2D eigenvalue weighted by Gasteiger charge is 2.30. The lowest BCUT2D eigenvalue weighted by Gasteiger charge is -2.36. The summed E-state index contributed by atoms with van der Waals surface area (Å²) in [4.78, 5) is 26.1. The van der Waals surface area contributed by atoms with Crippen molar-refractivity contribution < 1.29 is 17.9 Å². The van der Waals surface area contributed by atoms with Gasteiger partial charge in [0.05, 0.1) is 22.8 Å². The van der Waals surface area contributed by atoms with Gasteiger partial charge in [0.2, 0.25) is 21.8 Å². The van der Waals surface area contributed by atoms with Crippen LogP contribution in [0, 0.1) is 5.92 Å². The van der Waals surface area contributed by atoms with Gasteiger partial charge in [0.25, 0.3) is 0 Å². The first-order chi connectivity index (χ1) is 17.2. The number of anilines is 1. The fourth-order valence-electron chi connectivity index (χ4n) is 4.72. The molecule has 11 heteroatoms. The molecule has 0 spiro atoms. The molecule has 0 saturated carbocycles. The van der Waals surface area contributed by atoms with Gasteiger partial charge in [0.15, 0.2) is 5.52 Å². The van der Waals surface area contributed by atoms with E-state index in [1.54, 1.807) is 24.5 Å². The summed E-state index contributed by atoms with van der Waals surface area (Å²) < 4.78 is 32.7. The van der Waals surface area contributed by atoms with E-state index in [1.165, 1.54) is 0 Å². The van der Waals surface area contributed by atoms with Gasteiger partial charge in [0.1, 0.15) is 6.10 Å². The van der Waals surface area contributed by atoms with Crippen molar-refractivity contribution in [1.82, 2.24) is 24.6 Å². The fraction of sp³-hybridized carbons (Fsp3) is 0.480. The summed E-state index contributed by atoms with van der Waals surface area (Å²) in [6.45, 7) is 8.28. The highest BCUT2D eigenvalue weighted by atomic mass is 32.2. The molecule has 2 N–H and O–H groups in total. The summed E-state index contributed by atoms with van der Waals surface area (Å²) in [5.74, 6) is 0.583. The predicted octanol–water partition coefficient (Wildman–Crippen LogP) is 2.39. The van der Waals surface area contributed by atoms with Gasteiger partial charge in [-0.2, -0.15) is 4.31 Å². The molecule has 1 amide bonds. The number of hydrogen-bond donors (Lipinski definition) is 2. The van der Waals surface area contributed by atoms with E-state index in [2.05, 4.69) is 20.2 Å². The van der Waals surface area contributed by atoms with Gasteiger partial charge >= 0.3 is 0 Å². The van der Waals surface area contributed by atoms with E-state index in [-0.39, 0.29) is 17.9 Å². The van der Waals surface area contributed by atoms with Crippen LogP contribution in [-0.4, -0.2) is 77.7 Å². The summed E-state index contributed by atoms with van der Waals surface area (Å²) in [6, 6.07) is 10.1. The molecule has 2 aliphatic rings. The van der Waals surface area contributed by atoms with Crippen molar-refractivity contribution in [2.75, 3.05) is 37.6 Å². The standard InChI is InChI=1S/C25H32N6O4S/c1-16(2)36(33,34)31-10-8-30(9-11-31)20-6-4-18(5-7-20)21-13-22-24(28-15-27-22)25(29-21)35-17(3)19-12-23(32)26-14-19/h4-7,13,15-17,19H,8-12,14H2,1-3H3,(H,26,32)(H,27,28)/t17-,19-/m1/s1. The molecular weight excluding hydrogens is 480 g/mol. The van der Waals surface area contributed by atoms with E-state index < -0.39 is 15.3 Å². The Kier molecular flexibility index (Phi) is 6.60. The SMILES string of the molecule is CC(C)S(=O)(=O)N1CCN(c2ccc(-c3cc4[nH]cnc4c(O[C@H](C)[C@H]4CNC(=O)C4)n3)cc2)CC1. The lowest BCUT2D eigenvalue weighted by atomic mass is 10.0. The number of nitrogens with one attached hydrogen (secondary N) is 2. The fourth-order valence-corrected chi connectivity index (χ4v) is 5.99. The van der Waals surface area contributed by atoms with Crippen molar-refractivity contribution in [3.63, 3.8) is 0 Å². The number of rotatable bonds is 7. The van der Waals surface area contributed by atoms with Gasteiger partial charge < -0.3 is 19.9 Å². The number of aromatic nitrogens is 3. The topological polar surface area (TPSA) is 121 Å². The van der Waals surface area contributed by atoms with Crippen LogP contribution >= 0.6 is 0 Å². The molecule has 192 valence electrons. The maximum atomic E-state index is 12.5. The number of carbonyl (C=O) groups is 1. The molecule has 5 rings (SSSR count). The first-order valence-corrected chi connectivity index (χ1v) is 13.8. The number of ether oxygens (including phenoxy) is 1. The number of amides is 1. The molecule has 3 aromatic rings. The zero-order valence-electron chi connectivity index (χ0n) is 20.8. The van der Waals surface area contributed by atoms with E-state index in [9.17, 15) is 13.2 Å². The number of carbonyl (C=O) groups excluding carboxylic acids is 1. The van der Waals surface area contributed by atoms with Crippen LogP contribution < -0.4 is 15.0 Å². The third-order valence-electron chi connectivity index (χ3n) is 7.07. The third-order valence-corrected chi connectivity index (χ3v) is 9.34. The second-order valence-electron chi connectivity index (χ2n) is 9.73. The number of fused-ring (bicyclic) bond motifs is 1. The number of nitrogens with zero attached hydrogens (tertiary/aromatic N) is 4. The monoisotopic (exact) mass is 512 g/mol. The van der Waals surface area contributed by atoms with Crippen LogP contribution in [0.3, 0.4) is 0 Å². The maximum Gasteiger partial charge on any atom is 0.243 e. The Morgan fingerprint density at radius 1 is 1.08 bits per heavy atom. The molecule has 2 saturated heterocycles. The van der Waals surface area contributed by atoms with Crippen molar-refractivity contribution in [2.45, 2.75) is 38.5 Å². The molecule has 0 unspecified atom stereocenters. The summed E-state index contributed by atoms with van der Waals surface area (Å²) in [5.41, 5.74) is 4.23. The molecule has 1 aromatic carbocycles. The molecule has 4 heterocycles. The molecule has 0 bridgehead atoms. The molecule has 10 nitrogen and oxygen atoms in total. The van der Waals surface area contributed by atoms with Gasteiger partial charge in [-0.3, -0.25) is 4.79 Å². The molecule has 2 atom stereocenters. The van der Waals surface area contributed by atoms with E-state index in [1.807, 2.05) is 37.3 Å². The number of hydrogen-bond acceptors (Lipinski definition) is 7. The number of imidazole rings is 1. The summed E-state index contributed by atoms with van der Waals surface area (Å²) in [7, 11) is -3.22. The number of benzene rings is 1. The van der Waals surface area contributed by atoms with Crippen molar-refractivity contribution in [3.05, 3.63) is 36.7 Å². The normalized spacial score (nSPS) is 20.2. The van der Waals surface area contributed by atoms with Crippen LogP contribution in [0.5, 0.6) is 5.88 Å². The Morgan fingerprint density at radius 3 is 2.44 bits per heavy atom. The van der Waals surface area contributed by atoms with Gasteiger partial charge in [-0.15, -0.1) is 0 Å². The Labute approximate surface area is 211 Å². The Hall–Kier alpha value is -3.18. The number of aromatic amines is 1. The van der Waals surface area contributed by atoms with E-state index >= 15 is 0 Å². The third kappa shape index (κ3) is 4.77. The molecule has 0 aliphatic carbocycles. The van der Waals surface area contributed by atoms with Crippen LogP contribution in [0.15, 0.2) is 36.7 Å². The molecule has 2 aromatic heterocycles. The average molecular weight is 513 g/mol. The second kappa shape index (κ2) is 9.70. The van der Waals surface area contributed by atoms with Crippen LogP contribution in [0.4, 0.5) is 5.69 Å². The Balaban J connectivity index is 1.32. The largest absolute Gasteiger partial charge is 0.473 e. The van der Waals surface area contributed by atoms with Gasteiger partial charge in [-0.25, -0.2) is 18.4 Å². The van der Waals surface area contributed by atoms with Gasteiger partial charge in [-0.1, -0.05) is 12.1 Å². The van der Waals surface area contributed by atoms with Crippen LogP contribution in [0.1, 0.15) is 27.2 Å². The van der Waals surface area contributed by atoms with Gasteiger partial charge in [0, 0.05) is 56.3 Å². The first kappa shape index (κ1) is 24.5. The van der Waals surface area contributed by atoms with E-state index in [0.717, 1.165) is 22.5 Å².